The monoisotopic (exact) mass is 256 g/mol. The molecule has 3 nitrogen and oxygen atoms in total. The van der Waals surface area contributed by atoms with Crippen LogP contribution in [-0.4, -0.2) is 15.8 Å². The van der Waals surface area contributed by atoms with Gasteiger partial charge in [0, 0.05) is 6.42 Å². The molecule has 1 aromatic carbocycles. The van der Waals surface area contributed by atoms with Crippen molar-refractivity contribution in [2.24, 2.45) is 5.92 Å². The van der Waals surface area contributed by atoms with Crippen LogP contribution in [0.15, 0.2) is 36.5 Å². The SMILES string of the molecule is CC.CC1Cc2ncc(C=O)n2C1c1ccccc1. The molecule has 100 valence electrons. The summed E-state index contributed by atoms with van der Waals surface area (Å²) in [5.41, 5.74) is 1.93. The van der Waals surface area contributed by atoms with E-state index >= 15 is 0 Å². The van der Waals surface area contributed by atoms with Crippen LogP contribution in [-0.2, 0) is 6.42 Å². The highest BCUT2D eigenvalue weighted by Crippen LogP contribution is 2.36. The van der Waals surface area contributed by atoms with Gasteiger partial charge in [-0.25, -0.2) is 4.98 Å². The molecule has 0 bridgehead atoms. The maximum absolute atomic E-state index is 11.1. The highest BCUT2D eigenvalue weighted by Gasteiger charge is 2.32. The third kappa shape index (κ3) is 2.33. The predicted molar refractivity (Wildman–Crippen MR) is 76.4 cm³/mol. The molecule has 2 unspecified atom stereocenters. The number of hydrogen-bond donors (Lipinski definition) is 0. The van der Waals surface area contributed by atoms with Crippen molar-refractivity contribution in [3.63, 3.8) is 0 Å². The Morgan fingerprint density at radius 1 is 1.26 bits per heavy atom. The van der Waals surface area contributed by atoms with Crippen LogP contribution in [0.2, 0.25) is 0 Å². The predicted octanol–water partition coefficient (Wildman–Crippen LogP) is 3.50. The number of hydrogen-bond acceptors (Lipinski definition) is 2. The van der Waals surface area contributed by atoms with Gasteiger partial charge in [0.2, 0.25) is 0 Å². The minimum atomic E-state index is 0.244. The Morgan fingerprint density at radius 3 is 2.58 bits per heavy atom. The largest absolute Gasteiger partial charge is 0.318 e. The number of carbonyl (C=O) groups excluding carboxylic acids is 1. The van der Waals surface area contributed by atoms with Crippen LogP contribution >= 0.6 is 0 Å². The van der Waals surface area contributed by atoms with Gasteiger partial charge in [0.05, 0.1) is 12.2 Å². The summed E-state index contributed by atoms with van der Waals surface area (Å²) in [6, 6.07) is 10.6. The Hall–Kier alpha value is -1.90. The van der Waals surface area contributed by atoms with Crippen molar-refractivity contribution < 1.29 is 4.79 Å². The molecule has 0 amide bonds. The van der Waals surface area contributed by atoms with E-state index in [0.717, 1.165) is 18.5 Å². The van der Waals surface area contributed by atoms with Gasteiger partial charge in [0.1, 0.15) is 11.5 Å². The lowest BCUT2D eigenvalue weighted by Gasteiger charge is -2.19. The van der Waals surface area contributed by atoms with Crippen molar-refractivity contribution in [1.29, 1.82) is 0 Å². The molecule has 2 atom stereocenters. The van der Waals surface area contributed by atoms with E-state index in [9.17, 15) is 4.79 Å². The molecular weight excluding hydrogens is 236 g/mol. The summed E-state index contributed by atoms with van der Waals surface area (Å²) in [6.45, 7) is 6.21. The molecule has 3 heteroatoms. The Balaban J connectivity index is 0.000000637. The summed E-state index contributed by atoms with van der Waals surface area (Å²) >= 11 is 0. The zero-order valence-electron chi connectivity index (χ0n) is 11.7. The molecule has 19 heavy (non-hydrogen) atoms. The van der Waals surface area contributed by atoms with Crippen LogP contribution in [0, 0.1) is 5.92 Å². The lowest BCUT2D eigenvalue weighted by Crippen LogP contribution is -2.14. The van der Waals surface area contributed by atoms with Crippen molar-refractivity contribution in [2.75, 3.05) is 0 Å². The molecule has 0 saturated carbocycles. The second-order valence-corrected chi connectivity index (χ2v) is 4.62. The van der Waals surface area contributed by atoms with E-state index in [1.165, 1.54) is 5.56 Å². The maximum Gasteiger partial charge on any atom is 0.168 e. The van der Waals surface area contributed by atoms with Crippen LogP contribution in [0.5, 0.6) is 0 Å². The van der Waals surface area contributed by atoms with Crippen molar-refractivity contribution in [3.05, 3.63) is 53.6 Å². The van der Waals surface area contributed by atoms with Gasteiger partial charge in [-0.1, -0.05) is 51.1 Å². The lowest BCUT2D eigenvalue weighted by molar-refractivity contribution is 0.111. The summed E-state index contributed by atoms with van der Waals surface area (Å²) in [7, 11) is 0. The van der Waals surface area contributed by atoms with E-state index in [0.29, 0.717) is 11.6 Å². The molecule has 1 aromatic heterocycles. The van der Waals surface area contributed by atoms with Gasteiger partial charge in [0.25, 0.3) is 0 Å². The standard InChI is InChI=1S/C14H14N2O.C2H6/c1-10-7-13-15-8-12(9-17)16(13)14(10)11-5-3-2-4-6-11;1-2/h2-6,8-10,14H,7H2,1H3;1-2H3. The minimum absolute atomic E-state index is 0.244. The Bertz CT molecular complexity index is 545. The van der Waals surface area contributed by atoms with Crippen LogP contribution < -0.4 is 0 Å². The van der Waals surface area contributed by atoms with Gasteiger partial charge in [-0.15, -0.1) is 0 Å². The molecule has 0 fully saturated rings. The first-order valence-corrected chi connectivity index (χ1v) is 6.87. The zero-order chi connectivity index (χ0) is 13.8. The summed E-state index contributed by atoms with van der Waals surface area (Å²) < 4.78 is 2.08. The Kier molecular flexibility index (Phi) is 4.15. The van der Waals surface area contributed by atoms with Crippen LogP contribution in [0.25, 0.3) is 0 Å². The number of aldehydes is 1. The van der Waals surface area contributed by atoms with E-state index < -0.39 is 0 Å². The third-order valence-corrected chi connectivity index (χ3v) is 3.49. The van der Waals surface area contributed by atoms with Crippen molar-refractivity contribution in [1.82, 2.24) is 9.55 Å². The van der Waals surface area contributed by atoms with Crippen molar-refractivity contribution in [2.45, 2.75) is 33.2 Å². The number of rotatable bonds is 2. The van der Waals surface area contributed by atoms with E-state index in [-0.39, 0.29) is 6.04 Å². The van der Waals surface area contributed by atoms with Gasteiger partial charge in [0.15, 0.2) is 6.29 Å². The van der Waals surface area contributed by atoms with E-state index in [4.69, 9.17) is 0 Å². The summed E-state index contributed by atoms with van der Waals surface area (Å²) in [4.78, 5) is 15.4. The quantitative estimate of drug-likeness (QED) is 0.771. The highest BCUT2D eigenvalue weighted by atomic mass is 16.1. The van der Waals surface area contributed by atoms with Gasteiger partial charge < -0.3 is 4.57 Å². The summed E-state index contributed by atoms with van der Waals surface area (Å²) in [5, 5.41) is 0. The number of aromatic nitrogens is 2. The van der Waals surface area contributed by atoms with Crippen LogP contribution in [0.1, 0.15) is 48.7 Å². The fourth-order valence-electron chi connectivity index (χ4n) is 2.76. The molecule has 2 heterocycles. The first-order valence-electron chi connectivity index (χ1n) is 6.87. The first-order chi connectivity index (χ1) is 9.31. The van der Waals surface area contributed by atoms with Gasteiger partial charge in [-0.05, 0) is 11.5 Å². The van der Waals surface area contributed by atoms with Gasteiger partial charge in [-0.2, -0.15) is 0 Å². The van der Waals surface area contributed by atoms with Crippen LogP contribution in [0.4, 0.5) is 0 Å². The summed E-state index contributed by atoms with van der Waals surface area (Å²) in [6.07, 6.45) is 3.50. The molecule has 0 spiro atoms. The fourth-order valence-corrected chi connectivity index (χ4v) is 2.76. The topological polar surface area (TPSA) is 34.9 Å². The molecule has 1 aliphatic heterocycles. The first kappa shape index (κ1) is 13.5. The molecule has 3 rings (SSSR count). The Morgan fingerprint density at radius 2 is 1.95 bits per heavy atom. The zero-order valence-corrected chi connectivity index (χ0v) is 11.7. The van der Waals surface area contributed by atoms with E-state index in [1.54, 1.807) is 6.20 Å². The fraction of sp³-hybridized carbons (Fsp3) is 0.375. The second kappa shape index (κ2) is 5.83. The molecule has 0 radical (unpaired) electrons. The smallest absolute Gasteiger partial charge is 0.168 e. The average molecular weight is 256 g/mol. The summed E-state index contributed by atoms with van der Waals surface area (Å²) in [5.74, 6) is 1.51. The number of nitrogens with zero attached hydrogens (tertiary/aromatic N) is 2. The number of imidazole rings is 1. The van der Waals surface area contributed by atoms with E-state index in [1.807, 2.05) is 32.0 Å². The molecule has 1 aliphatic rings. The van der Waals surface area contributed by atoms with E-state index in [2.05, 4.69) is 28.6 Å². The maximum atomic E-state index is 11.1. The second-order valence-electron chi connectivity index (χ2n) is 4.62. The number of benzene rings is 1. The lowest BCUT2D eigenvalue weighted by atomic mass is 9.95. The number of carbonyl (C=O) groups is 1. The average Bonchev–Trinajstić information content (AvgIpc) is 2.99. The van der Waals surface area contributed by atoms with Gasteiger partial charge in [-0.3, -0.25) is 4.79 Å². The van der Waals surface area contributed by atoms with Crippen LogP contribution in [0.3, 0.4) is 0 Å². The van der Waals surface area contributed by atoms with Crippen molar-refractivity contribution >= 4 is 6.29 Å². The normalized spacial score (nSPS) is 20.4. The molecule has 0 aliphatic carbocycles. The molecule has 0 N–H and O–H groups in total. The number of fused-ring (bicyclic) bond motifs is 1. The molecular formula is C16H20N2O. The highest BCUT2D eigenvalue weighted by molar-refractivity contribution is 5.72. The molecule has 2 aromatic rings. The third-order valence-electron chi connectivity index (χ3n) is 3.49. The molecule has 0 saturated heterocycles. The minimum Gasteiger partial charge on any atom is -0.318 e. The van der Waals surface area contributed by atoms with Crippen molar-refractivity contribution in [3.8, 4) is 0 Å². The van der Waals surface area contributed by atoms with Gasteiger partial charge >= 0.3 is 0 Å². The Labute approximate surface area is 114 Å².